The van der Waals surface area contributed by atoms with Gasteiger partial charge in [-0.05, 0) is 77.8 Å². The van der Waals surface area contributed by atoms with Crippen molar-refractivity contribution in [3.8, 4) is 0 Å². The van der Waals surface area contributed by atoms with Crippen LogP contribution in [-0.2, 0) is 0 Å². The van der Waals surface area contributed by atoms with Crippen LogP contribution < -0.4 is 5.32 Å². The molecule has 0 aromatic carbocycles. The lowest BCUT2D eigenvalue weighted by atomic mass is 9.94. The summed E-state index contributed by atoms with van der Waals surface area (Å²) in [5.41, 5.74) is 0. The molecule has 2 aliphatic rings. The van der Waals surface area contributed by atoms with E-state index < -0.39 is 0 Å². The lowest BCUT2D eigenvalue weighted by molar-refractivity contribution is 0.240. The zero-order valence-corrected chi connectivity index (χ0v) is 11.6. The van der Waals surface area contributed by atoms with Gasteiger partial charge < -0.3 is 15.1 Å². The topological polar surface area (TPSA) is 18.5 Å². The van der Waals surface area contributed by atoms with Crippen molar-refractivity contribution in [1.29, 1.82) is 0 Å². The summed E-state index contributed by atoms with van der Waals surface area (Å²) >= 11 is 0. The number of rotatable bonds is 5. The Morgan fingerprint density at radius 1 is 1.18 bits per heavy atom. The van der Waals surface area contributed by atoms with Gasteiger partial charge in [-0.3, -0.25) is 0 Å². The van der Waals surface area contributed by atoms with Crippen molar-refractivity contribution in [2.75, 3.05) is 53.4 Å². The van der Waals surface area contributed by atoms with Crippen LogP contribution in [0.2, 0.25) is 0 Å². The molecule has 2 heterocycles. The highest BCUT2D eigenvalue weighted by Crippen LogP contribution is 2.18. The number of likely N-dealkylation sites (tertiary alicyclic amines) is 1. The smallest absolute Gasteiger partial charge is 0.00193 e. The zero-order chi connectivity index (χ0) is 12.1. The van der Waals surface area contributed by atoms with Crippen LogP contribution in [0.4, 0.5) is 0 Å². The molecule has 2 aliphatic heterocycles. The number of nitrogens with zero attached hydrogens (tertiary/aromatic N) is 2. The van der Waals surface area contributed by atoms with Crippen LogP contribution >= 0.6 is 0 Å². The van der Waals surface area contributed by atoms with Gasteiger partial charge in [0.2, 0.25) is 0 Å². The van der Waals surface area contributed by atoms with E-state index in [0.717, 1.165) is 11.8 Å². The monoisotopic (exact) mass is 239 g/mol. The molecule has 2 rings (SSSR count). The van der Waals surface area contributed by atoms with Gasteiger partial charge >= 0.3 is 0 Å². The summed E-state index contributed by atoms with van der Waals surface area (Å²) in [6, 6.07) is 0. The molecular weight excluding hydrogens is 210 g/mol. The molecule has 0 aromatic heterocycles. The average Bonchev–Trinajstić information content (AvgIpc) is 2.73. The van der Waals surface area contributed by atoms with Crippen LogP contribution in [0.3, 0.4) is 0 Å². The molecule has 1 unspecified atom stereocenters. The summed E-state index contributed by atoms with van der Waals surface area (Å²) in [6.07, 6.45) is 5.58. The number of hydrogen-bond donors (Lipinski definition) is 1. The maximum Gasteiger partial charge on any atom is 0.00193 e. The maximum atomic E-state index is 3.45. The predicted octanol–water partition coefficient (Wildman–Crippen LogP) is 1.26. The molecule has 3 nitrogen and oxygen atoms in total. The lowest BCUT2D eigenvalue weighted by Gasteiger charge is -2.26. The Balaban J connectivity index is 1.58. The van der Waals surface area contributed by atoms with Crippen molar-refractivity contribution in [3.63, 3.8) is 0 Å². The quantitative estimate of drug-likeness (QED) is 0.779. The van der Waals surface area contributed by atoms with E-state index in [0.29, 0.717) is 0 Å². The Bertz CT molecular complexity index is 214. The Hall–Kier alpha value is -0.120. The second-order valence-corrected chi connectivity index (χ2v) is 6.16. The third-order valence-electron chi connectivity index (χ3n) is 4.44. The Labute approximate surface area is 107 Å². The van der Waals surface area contributed by atoms with E-state index in [9.17, 15) is 0 Å². The Kier molecular flexibility index (Phi) is 5.26. The molecule has 2 saturated heterocycles. The minimum Gasteiger partial charge on any atom is -0.317 e. The Morgan fingerprint density at radius 3 is 2.59 bits per heavy atom. The van der Waals surface area contributed by atoms with E-state index >= 15 is 0 Å². The SMILES string of the molecule is CN(CCC1CCNCC1)CC1CCN(C)C1. The lowest BCUT2D eigenvalue weighted by Crippen LogP contribution is -2.32. The van der Waals surface area contributed by atoms with Crippen LogP contribution in [0.15, 0.2) is 0 Å². The Morgan fingerprint density at radius 2 is 1.94 bits per heavy atom. The summed E-state index contributed by atoms with van der Waals surface area (Å²) < 4.78 is 0. The molecule has 0 aromatic rings. The van der Waals surface area contributed by atoms with E-state index in [1.54, 1.807) is 0 Å². The fourth-order valence-corrected chi connectivity index (χ4v) is 3.28. The summed E-state index contributed by atoms with van der Waals surface area (Å²) in [5, 5.41) is 3.45. The minimum absolute atomic E-state index is 0.915. The van der Waals surface area contributed by atoms with Gasteiger partial charge in [0, 0.05) is 13.1 Å². The van der Waals surface area contributed by atoms with Crippen LogP contribution in [0.1, 0.15) is 25.7 Å². The molecule has 1 atom stereocenters. The molecule has 1 N–H and O–H groups in total. The molecule has 0 bridgehead atoms. The zero-order valence-electron chi connectivity index (χ0n) is 11.6. The van der Waals surface area contributed by atoms with Gasteiger partial charge in [-0.25, -0.2) is 0 Å². The van der Waals surface area contributed by atoms with Gasteiger partial charge in [-0.15, -0.1) is 0 Å². The highest BCUT2D eigenvalue weighted by atomic mass is 15.1. The van der Waals surface area contributed by atoms with Gasteiger partial charge in [-0.2, -0.15) is 0 Å². The van der Waals surface area contributed by atoms with E-state index in [2.05, 4.69) is 29.2 Å². The molecule has 0 spiro atoms. The minimum atomic E-state index is 0.915. The summed E-state index contributed by atoms with van der Waals surface area (Å²) in [6.45, 7) is 7.67. The highest BCUT2D eigenvalue weighted by Gasteiger charge is 2.21. The summed E-state index contributed by atoms with van der Waals surface area (Å²) in [5.74, 6) is 1.89. The van der Waals surface area contributed by atoms with Crippen molar-refractivity contribution < 1.29 is 0 Å². The van der Waals surface area contributed by atoms with Crippen LogP contribution in [0, 0.1) is 11.8 Å². The number of nitrogens with one attached hydrogen (secondary N) is 1. The molecule has 2 fully saturated rings. The first-order valence-corrected chi connectivity index (χ1v) is 7.32. The number of piperidine rings is 1. The van der Waals surface area contributed by atoms with Crippen molar-refractivity contribution in [1.82, 2.24) is 15.1 Å². The average molecular weight is 239 g/mol. The van der Waals surface area contributed by atoms with Crippen molar-refractivity contribution in [2.45, 2.75) is 25.7 Å². The van der Waals surface area contributed by atoms with Gasteiger partial charge in [0.1, 0.15) is 0 Å². The third-order valence-corrected chi connectivity index (χ3v) is 4.44. The predicted molar refractivity (Wildman–Crippen MR) is 73.3 cm³/mol. The first kappa shape index (κ1) is 13.3. The fraction of sp³-hybridized carbons (Fsp3) is 1.00. The van der Waals surface area contributed by atoms with Crippen LogP contribution in [0.5, 0.6) is 0 Å². The first-order valence-electron chi connectivity index (χ1n) is 7.32. The van der Waals surface area contributed by atoms with Crippen molar-refractivity contribution in [3.05, 3.63) is 0 Å². The van der Waals surface area contributed by atoms with E-state index in [1.807, 2.05) is 0 Å². The molecule has 100 valence electrons. The van der Waals surface area contributed by atoms with Crippen LogP contribution in [-0.4, -0.2) is 63.2 Å². The second kappa shape index (κ2) is 6.72. The van der Waals surface area contributed by atoms with Gasteiger partial charge in [0.15, 0.2) is 0 Å². The highest BCUT2D eigenvalue weighted by molar-refractivity contribution is 4.76. The van der Waals surface area contributed by atoms with Gasteiger partial charge in [0.05, 0.1) is 0 Å². The second-order valence-electron chi connectivity index (χ2n) is 6.16. The largest absolute Gasteiger partial charge is 0.317 e. The molecule has 0 radical (unpaired) electrons. The first-order chi connectivity index (χ1) is 8.24. The molecular formula is C14H29N3. The maximum absolute atomic E-state index is 3.45. The summed E-state index contributed by atoms with van der Waals surface area (Å²) in [7, 11) is 4.55. The molecule has 0 saturated carbocycles. The third kappa shape index (κ3) is 4.57. The molecule has 17 heavy (non-hydrogen) atoms. The van der Waals surface area contributed by atoms with Gasteiger partial charge in [0.25, 0.3) is 0 Å². The van der Waals surface area contributed by atoms with E-state index in [-0.39, 0.29) is 0 Å². The standard InChI is InChI=1S/C14H29N3/c1-16(11-14-6-10-17(2)12-14)9-5-13-3-7-15-8-4-13/h13-15H,3-12H2,1-2H3. The van der Waals surface area contributed by atoms with Crippen molar-refractivity contribution in [2.24, 2.45) is 11.8 Å². The molecule has 0 amide bonds. The fourth-order valence-electron chi connectivity index (χ4n) is 3.28. The van der Waals surface area contributed by atoms with Crippen LogP contribution in [0.25, 0.3) is 0 Å². The van der Waals surface area contributed by atoms with Gasteiger partial charge in [-0.1, -0.05) is 0 Å². The van der Waals surface area contributed by atoms with E-state index in [1.165, 1.54) is 65.0 Å². The normalized spacial score (nSPS) is 28.1. The van der Waals surface area contributed by atoms with E-state index in [4.69, 9.17) is 0 Å². The molecule has 3 heteroatoms. The number of hydrogen-bond acceptors (Lipinski definition) is 3. The summed E-state index contributed by atoms with van der Waals surface area (Å²) in [4.78, 5) is 5.02. The molecule has 0 aliphatic carbocycles. The van der Waals surface area contributed by atoms with Crippen molar-refractivity contribution >= 4 is 0 Å².